The molecule has 62 valence electrons. The van der Waals surface area contributed by atoms with E-state index in [1.54, 1.807) is 0 Å². The molecule has 1 N–H and O–H groups in total. The molecule has 0 fully saturated rings. The third-order valence-corrected chi connectivity index (χ3v) is 0.998. The standard InChI is InChI=1S/C6H11N3O2/c1-3-5-8(6-4-2)9(11)7-10/h3-4,10H,1-2,5-6H2/b9-7+. The SMILES string of the molecule is C=CCN(CC=C)/[N+]([O-])=N\O. The van der Waals surface area contributed by atoms with Gasteiger partial charge in [0.2, 0.25) is 5.28 Å². The molecule has 0 aromatic heterocycles. The quantitative estimate of drug-likeness (QED) is 0.279. The minimum atomic E-state index is 0.0867. The molecular formula is C6H11N3O2. The molecule has 0 amide bonds. The van der Waals surface area contributed by atoms with Gasteiger partial charge in [-0.05, 0) is 0 Å². The summed E-state index contributed by atoms with van der Waals surface area (Å²) < 4.78 is 0. The summed E-state index contributed by atoms with van der Waals surface area (Å²) in [5, 5.41) is 22.4. The molecular weight excluding hydrogens is 146 g/mol. The molecule has 0 heterocycles. The van der Waals surface area contributed by atoms with Crippen LogP contribution in [0.2, 0.25) is 0 Å². The topological polar surface area (TPSA) is 61.9 Å². The van der Waals surface area contributed by atoms with Gasteiger partial charge in [-0.3, -0.25) is 0 Å². The Kier molecular flexibility index (Phi) is 4.55. The van der Waals surface area contributed by atoms with Crippen molar-refractivity contribution < 1.29 is 10.2 Å². The smallest absolute Gasteiger partial charge is 0.230 e. The molecule has 0 aromatic rings. The minimum Gasteiger partial charge on any atom is -0.569 e. The van der Waals surface area contributed by atoms with E-state index in [9.17, 15) is 5.21 Å². The molecule has 5 heteroatoms. The Balaban J connectivity index is 4.07. The van der Waals surface area contributed by atoms with Crippen LogP contribution < -0.4 is 0 Å². The fraction of sp³-hybridized carbons (Fsp3) is 0.333. The van der Waals surface area contributed by atoms with Crippen LogP contribution in [0.15, 0.2) is 30.6 Å². The fourth-order valence-electron chi connectivity index (χ4n) is 0.569. The van der Waals surface area contributed by atoms with E-state index in [2.05, 4.69) is 18.4 Å². The van der Waals surface area contributed by atoms with Crippen LogP contribution in [0.3, 0.4) is 0 Å². The Hall–Kier alpha value is -1.52. The number of rotatable bonds is 5. The molecule has 0 saturated carbocycles. The first-order valence-corrected chi connectivity index (χ1v) is 3.05. The first-order valence-electron chi connectivity index (χ1n) is 3.05. The molecule has 0 spiro atoms. The van der Waals surface area contributed by atoms with Gasteiger partial charge in [0, 0.05) is 0 Å². The third kappa shape index (κ3) is 3.24. The second-order valence-electron chi connectivity index (χ2n) is 1.79. The minimum absolute atomic E-state index is 0.0867. The van der Waals surface area contributed by atoms with E-state index in [1.807, 2.05) is 0 Å². The summed E-state index contributed by atoms with van der Waals surface area (Å²) in [7, 11) is 0. The molecule has 0 aromatic carbocycles. The summed E-state index contributed by atoms with van der Waals surface area (Å²) in [5.74, 6) is 0. The van der Waals surface area contributed by atoms with Gasteiger partial charge in [-0.1, -0.05) is 12.2 Å². The van der Waals surface area contributed by atoms with Crippen molar-refractivity contribution in [3.63, 3.8) is 0 Å². The van der Waals surface area contributed by atoms with Gasteiger partial charge >= 0.3 is 0 Å². The molecule has 5 nitrogen and oxygen atoms in total. The summed E-state index contributed by atoms with van der Waals surface area (Å²) in [4.78, 5) is 0.0867. The van der Waals surface area contributed by atoms with Crippen molar-refractivity contribution in [3.05, 3.63) is 30.5 Å². The van der Waals surface area contributed by atoms with Crippen LogP contribution in [-0.4, -0.2) is 28.3 Å². The third-order valence-electron chi connectivity index (χ3n) is 0.998. The zero-order valence-corrected chi connectivity index (χ0v) is 6.18. The van der Waals surface area contributed by atoms with Gasteiger partial charge in [0.25, 0.3) is 0 Å². The maximum Gasteiger partial charge on any atom is 0.230 e. The van der Waals surface area contributed by atoms with Crippen LogP contribution in [0.5, 0.6) is 0 Å². The van der Waals surface area contributed by atoms with Crippen LogP contribution in [0.25, 0.3) is 0 Å². The number of hydrogen-bond donors (Lipinski definition) is 1. The summed E-state index contributed by atoms with van der Waals surface area (Å²) >= 11 is 0. The van der Waals surface area contributed by atoms with Crippen molar-refractivity contribution >= 4 is 0 Å². The molecule has 0 radical (unpaired) electrons. The Labute approximate surface area is 65.1 Å². The summed E-state index contributed by atoms with van der Waals surface area (Å²) in [5.41, 5.74) is 0. The second-order valence-corrected chi connectivity index (χ2v) is 1.79. The van der Waals surface area contributed by atoms with Gasteiger partial charge in [0.1, 0.15) is 0 Å². The summed E-state index contributed by atoms with van der Waals surface area (Å²) in [6.45, 7) is 7.51. The van der Waals surface area contributed by atoms with Gasteiger partial charge in [-0.15, -0.1) is 18.2 Å². The first kappa shape index (κ1) is 9.48. The lowest BCUT2D eigenvalue weighted by Gasteiger charge is -2.12. The van der Waals surface area contributed by atoms with Crippen molar-refractivity contribution in [3.8, 4) is 0 Å². The van der Waals surface area contributed by atoms with E-state index in [4.69, 9.17) is 5.21 Å². The molecule has 0 bridgehead atoms. The van der Waals surface area contributed by atoms with Gasteiger partial charge in [-0.25, -0.2) is 0 Å². The zero-order chi connectivity index (χ0) is 8.69. The number of hydrazine groups is 1. The summed E-state index contributed by atoms with van der Waals surface area (Å²) in [6.07, 6.45) is 3.05. The number of nitrogens with zero attached hydrogens (tertiary/aromatic N) is 3. The molecule has 0 aliphatic rings. The highest BCUT2D eigenvalue weighted by molar-refractivity contribution is 4.74. The predicted molar refractivity (Wildman–Crippen MR) is 39.8 cm³/mol. The lowest BCUT2D eigenvalue weighted by atomic mass is 10.5. The Morgan fingerprint density at radius 3 is 2.18 bits per heavy atom. The molecule has 0 aliphatic carbocycles. The average molecular weight is 157 g/mol. The van der Waals surface area contributed by atoms with E-state index >= 15 is 0 Å². The van der Waals surface area contributed by atoms with Crippen LogP contribution >= 0.6 is 0 Å². The maximum atomic E-state index is 10.6. The van der Waals surface area contributed by atoms with Crippen LogP contribution in [0.1, 0.15) is 0 Å². The normalized spacial score (nSPS) is 10.7. The average Bonchev–Trinajstić information content (AvgIpc) is 2.03. The molecule has 0 unspecified atom stereocenters. The monoisotopic (exact) mass is 157 g/mol. The highest BCUT2D eigenvalue weighted by Gasteiger charge is 2.06. The van der Waals surface area contributed by atoms with Gasteiger partial charge in [0.05, 0.1) is 18.1 Å². The van der Waals surface area contributed by atoms with E-state index in [0.29, 0.717) is 13.1 Å². The fourth-order valence-corrected chi connectivity index (χ4v) is 0.569. The van der Waals surface area contributed by atoms with Crippen LogP contribution in [0.4, 0.5) is 0 Å². The van der Waals surface area contributed by atoms with Crippen molar-refractivity contribution in [2.24, 2.45) is 5.28 Å². The van der Waals surface area contributed by atoms with Crippen molar-refractivity contribution in [2.45, 2.75) is 0 Å². The highest BCUT2D eigenvalue weighted by atomic mass is 16.6. The lowest BCUT2D eigenvalue weighted by Crippen LogP contribution is -2.30. The van der Waals surface area contributed by atoms with Crippen LogP contribution in [0, 0.1) is 5.21 Å². The predicted octanol–water partition coefficient (Wildman–Crippen LogP) is 0.927. The second kappa shape index (κ2) is 5.28. The van der Waals surface area contributed by atoms with Crippen LogP contribution in [-0.2, 0) is 0 Å². The highest BCUT2D eigenvalue weighted by Crippen LogP contribution is 1.89. The van der Waals surface area contributed by atoms with Crippen molar-refractivity contribution in [1.29, 1.82) is 0 Å². The molecule has 11 heavy (non-hydrogen) atoms. The Bertz CT molecular complexity index is 157. The van der Waals surface area contributed by atoms with E-state index in [-0.39, 0.29) is 4.97 Å². The van der Waals surface area contributed by atoms with Crippen molar-refractivity contribution in [2.75, 3.05) is 13.1 Å². The van der Waals surface area contributed by atoms with E-state index in [1.165, 1.54) is 17.2 Å². The molecule has 0 saturated heterocycles. The van der Waals surface area contributed by atoms with Gasteiger partial charge < -0.3 is 10.4 Å². The molecule has 0 rings (SSSR count). The lowest BCUT2D eigenvalue weighted by molar-refractivity contribution is -0.706. The Morgan fingerprint density at radius 2 is 1.91 bits per heavy atom. The summed E-state index contributed by atoms with van der Waals surface area (Å²) in [6, 6.07) is 0. The molecule has 0 atom stereocenters. The first-order chi connectivity index (χ1) is 5.26. The maximum absolute atomic E-state index is 10.6. The van der Waals surface area contributed by atoms with E-state index < -0.39 is 0 Å². The van der Waals surface area contributed by atoms with Gasteiger partial charge in [0.15, 0.2) is 0 Å². The largest absolute Gasteiger partial charge is 0.569 e. The Morgan fingerprint density at radius 1 is 1.45 bits per heavy atom. The van der Waals surface area contributed by atoms with Crippen molar-refractivity contribution in [1.82, 2.24) is 5.01 Å². The molecule has 0 aliphatic heterocycles. The zero-order valence-electron chi connectivity index (χ0n) is 6.18. The van der Waals surface area contributed by atoms with E-state index in [0.717, 1.165) is 0 Å². The number of hydrogen-bond acceptors (Lipinski definition) is 2. The van der Waals surface area contributed by atoms with Gasteiger partial charge in [-0.2, -0.15) is 0 Å².